The van der Waals surface area contributed by atoms with Gasteiger partial charge in [-0.2, -0.15) is 0 Å². The Morgan fingerprint density at radius 3 is 2.00 bits per heavy atom. The molecule has 1 aliphatic rings. The molecule has 0 radical (unpaired) electrons. The van der Waals surface area contributed by atoms with Crippen LogP contribution >= 0.6 is 23.1 Å². The smallest absolute Gasteiger partial charge is 0.300 e. The molecule has 0 aliphatic carbocycles. The van der Waals surface area contributed by atoms with E-state index in [4.69, 9.17) is 4.74 Å². The summed E-state index contributed by atoms with van der Waals surface area (Å²) >= 11 is 2.62. The van der Waals surface area contributed by atoms with Gasteiger partial charge in [0.2, 0.25) is 0 Å². The van der Waals surface area contributed by atoms with E-state index in [0.29, 0.717) is 22.8 Å². The van der Waals surface area contributed by atoms with Crippen LogP contribution in [0.5, 0.6) is 5.75 Å². The van der Waals surface area contributed by atoms with Gasteiger partial charge in [0.15, 0.2) is 10.8 Å². The number of hydrogen-bond donors (Lipinski definition) is 1. The highest BCUT2D eigenvalue weighted by Gasteiger charge is 2.34. The summed E-state index contributed by atoms with van der Waals surface area (Å²) in [5, 5.41) is 29.1. The molecule has 1 aromatic heterocycles. The van der Waals surface area contributed by atoms with Crippen molar-refractivity contribution in [1.82, 2.24) is 4.98 Å². The van der Waals surface area contributed by atoms with Crippen LogP contribution in [-0.4, -0.2) is 27.8 Å². The summed E-state index contributed by atoms with van der Waals surface area (Å²) in [6, 6.07) is 23.8. The van der Waals surface area contributed by atoms with Crippen molar-refractivity contribution in [3.63, 3.8) is 0 Å². The second kappa shape index (κ2) is 11.0. The van der Waals surface area contributed by atoms with Gasteiger partial charge in [-0.1, -0.05) is 36.0 Å². The van der Waals surface area contributed by atoms with Crippen LogP contribution in [0.1, 0.15) is 10.4 Å². The second-order valence-electron chi connectivity index (χ2n) is 8.97. The number of carbonyl (C=O) groups is 1. The van der Waals surface area contributed by atoms with Crippen LogP contribution in [0.25, 0.3) is 11.3 Å². The third kappa shape index (κ3) is 4.91. The molecule has 2 heterocycles. The zero-order chi connectivity index (χ0) is 29.4. The fourth-order valence-corrected chi connectivity index (χ4v) is 6.32. The summed E-state index contributed by atoms with van der Waals surface area (Å²) in [4.78, 5) is 44.4. The molecule has 0 bridgehead atoms. The Balaban J connectivity index is 1.41. The number of nitrogens with zero attached hydrogens (tertiary/aromatic N) is 4. The standard InChI is InChI=1S/C29H19N5O6S2/c1-40-19-12-10-17(11-13-19)20-16-41-29(30-20)31-27-23(33(36)37)14-18(15-24(27)34(38)39)28(35)32-21-6-2-4-8-25(21)42-26-9-5-3-7-22(26)32/h2-16H,1H3,(H,30,31). The Bertz CT molecular complexity index is 1790. The van der Waals surface area contributed by atoms with Crippen molar-refractivity contribution in [3.8, 4) is 17.0 Å². The van der Waals surface area contributed by atoms with Crippen LogP contribution < -0.4 is 15.0 Å². The minimum Gasteiger partial charge on any atom is -0.497 e. The van der Waals surface area contributed by atoms with Crippen LogP contribution in [0.2, 0.25) is 0 Å². The SMILES string of the molecule is COc1ccc(-c2csc(Nc3c([N+](=O)[O-])cc(C(=O)N4c5ccccc5Sc5ccccc54)cc3[N+](=O)[O-])n2)cc1. The lowest BCUT2D eigenvalue weighted by Gasteiger charge is -2.31. The van der Waals surface area contributed by atoms with Crippen LogP contribution in [0.3, 0.4) is 0 Å². The molecule has 13 heteroatoms. The zero-order valence-corrected chi connectivity index (χ0v) is 23.3. The van der Waals surface area contributed by atoms with E-state index in [9.17, 15) is 25.0 Å². The van der Waals surface area contributed by atoms with Crippen molar-refractivity contribution >= 4 is 62.6 Å². The normalized spacial score (nSPS) is 11.8. The van der Waals surface area contributed by atoms with Crippen molar-refractivity contribution < 1.29 is 19.4 Å². The number of aromatic nitrogens is 1. The molecule has 0 saturated carbocycles. The Hall–Kier alpha value is -5.27. The van der Waals surface area contributed by atoms with Crippen molar-refractivity contribution in [2.24, 2.45) is 0 Å². The number of ether oxygens (including phenoxy) is 1. The Morgan fingerprint density at radius 1 is 0.881 bits per heavy atom. The molecule has 1 N–H and O–H groups in total. The average Bonchev–Trinajstić information content (AvgIpc) is 3.47. The zero-order valence-electron chi connectivity index (χ0n) is 21.7. The number of nitro groups is 2. The van der Waals surface area contributed by atoms with Gasteiger partial charge in [-0.25, -0.2) is 4.98 Å². The number of amides is 1. The third-order valence-electron chi connectivity index (χ3n) is 6.49. The van der Waals surface area contributed by atoms with Gasteiger partial charge in [0.05, 0.1) is 39.6 Å². The lowest BCUT2D eigenvalue weighted by atomic mass is 10.1. The Labute approximate surface area is 246 Å². The molecule has 0 unspecified atom stereocenters. The first-order valence-corrected chi connectivity index (χ1v) is 14.1. The third-order valence-corrected chi connectivity index (χ3v) is 8.38. The largest absolute Gasteiger partial charge is 0.497 e. The summed E-state index contributed by atoms with van der Waals surface area (Å²) in [7, 11) is 1.56. The van der Waals surface area contributed by atoms with Gasteiger partial charge in [0.25, 0.3) is 5.91 Å². The molecule has 4 aromatic carbocycles. The Kier molecular flexibility index (Phi) is 7.02. The van der Waals surface area contributed by atoms with E-state index in [0.717, 1.165) is 38.8 Å². The maximum atomic E-state index is 14.0. The summed E-state index contributed by atoms with van der Waals surface area (Å²) in [5.74, 6) is 0.0347. The van der Waals surface area contributed by atoms with Gasteiger partial charge in [-0.15, -0.1) is 11.3 Å². The number of hydrogen-bond acceptors (Lipinski definition) is 10. The minimum absolute atomic E-state index is 0.200. The fraction of sp³-hybridized carbons (Fsp3) is 0.0345. The first-order chi connectivity index (χ1) is 20.3. The molecule has 0 fully saturated rings. The number of nitrogens with one attached hydrogen (secondary N) is 1. The molecule has 0 atom stereocenters. The second-order valence-corrected chi connectivity index (χ2v) is 10.9. The van der Waals surface area contributed by atoms with E-state index < -0.39 is 27.1 Å². The van der Waals surface area contributed by atoms with E-state index >= 15 is 0 Å². The lowest BCUT2D eigenvalue weighted by molar-refractivity contribution is -0.392. The van der Waals surface area contributed by atoms with E-state index in [1.54, 1.807) is 61.0 Å². The molecule has 1 aliphatic heterocycles. The number of rotatable bonds is 7. The van der Waals surface area contributed by atoms with Gasteiger partial charge in [-0.3, -0.25) is 29.9 Å². The first-order valence-electron chi connectivity index (χ1n) is 12.4. The average molecular weight is 598 g/mol. The molecule has 208 valence electrons. The highest BCUT2D eigenvalue weighted by Crippen LogP contribution is 2.49. The number of methoxy groups -OCH3 is 1. The summed E-state index contributed by atoms with van der Waals surface area (Å²) in [5.41, 5.74) is 0.678. The maximum absolute atomic E-state index is 14.0. The van der Waals surface area contributed by atoms with Gasteiger partial charge >= 0.3 is 11.4 Å². The molecule has 11 nitrogen and oxygen atoms in total. The molecular weight excluding hydrogens is 578 g/mol. The van der Waals surface area contributed by atoms with Gasteiger partial charge in [0, 0.05) is 32.9 Å². The summed E-state index contributed by atoms with van der Waals surface area (Å²) < 4.78 is 5.17. The number of carbonyl (C=O) groups excluding carboxylic acids is 1. The van der Waals surface area contributed by atoms with Crippen LogP contribution in [-0.2, 0) is 0 Å². The topological polar surface area (TPSA) is 141 Å². The van der Waals surface area contributed by atoms with E-state index in [-0.39, 0.29) is 16.4 Å². The fourth-order valence-electron chi connectivity index (χ4n) is 4.54. The predicted molar refractivity (Wildman–Crippen MR) is 161 cm³/mol. The van der Waals surface area contributed by atoms with E-state index in [2.05, 4.69) is 10.3 Å². The van der Waals surface area contributed by atoms with Crippen molar-refractivity contribution in [3.05, 3.63) is 116 Å². The predicted octanol–water partition coefficient (Wildman–Crippen LogP) is 7.82. The maximum Gasteiger partial charge on any atom is 0.300 e. The van der Waals surface area contributed by atoms with E-state index in [1.807, 2.05) is 24.3 Å². The van der Waals surface area contributed by atoms with Gasteiger partial charge < -0.3 is 10.1 Å². The molecule has 5 aromatic rings. The van der Waals surface area contributed by atoms with Gasteiger partial charge in [-0.05, 0) is 48.5 Å². The number of para-hydroxylation sites is 2. The number of fused-ring (bicyclic) bond motifs is 2. The number of anilines is 4. The molecule has 0 saturated heterocycles. The molecule has 6 rings (SSSR count). The van der Waals surface area contributed by atoms with E-state index in [1.165, 1.54) is 16.7 Å². The quantitative estimate of drug-likeness (QED) is 0.147. The number of benzene rings is 4. The monoisotopic (exact) mass is 597 g/mol. The highest BCUT2D eigenvalue weighted by atomic mass is 32.2. The molecule has 0 spiro atoms. The van der Waals surface area contributed by atoms with Crippen LogP contribution in [0, 0.1) is 20.2 Å². The lowest BCUT2D eigenvalue weighted by Crippen LogP contribution is -2.28. The Morgan fingerprint density at radius 2 is 1.45 bits per heavy atom. The summed E-state index contributed by atoms with van der Waals surface area (Å²) in [6.07, 6.45) is 0. The number of thiazole rings is 1. The summed E-state index contributed by atoms with van der Waals surface area (Å²) in [6.45, 7) is 0. The van der Waals surface area contributed by atoms with Crippen LogP contribution in [0.4, 0.5) is 33.6 Å². The van der Waals surface area contributed by atoms with Crippen LogP contribution in [0.15, 0.2) is 100 Å². The molecule has 42 heavy (non-hydrogen) atoms. The minimum atomic E-state index is -0.752. The van der Waals surface area contributed by atoms with Crippen molar-refractivity contribution in [2.75, 3.05) is 17.3 Å². The van der Waals surface area contributed by atoms with Crippen molar-refractivity contribution in [2.45, 2.75) is 9.79 Å². The van der Waals surface area contributed by atoms with Crippen molar-refractivity contribution in [1.29, 1.82) is 0 Å². The van der Waals surface area contributed by atoms with Gasteiger partial charge in [0.1, 0.15) is 5.75 Å². The highest BCUT2D eigenvalue weighted by molar-refractivity contribution is 7.99. The first kappa shape index (κ1) is 26.9. The number of nitro benzene ring substituents is 2. The molecular formula is C29H19N5O6S2. The molecule has 1 amide bonds.